The van der Waals surface area contributed by atoms with E-state index in [4.69, 9.17) is 4.74 Å². The molecule has 0 spiro atoms. The van der Waals surface area contributed by atoms with Gasteiger partial charge in [0.05, 0.1) is 4.92 Å². The Morgan fingerprint density at radius 1 is 1.40 bits per heavy atom. The van der Waals surface area contributed by atoms with Crippen LogP contribution in [0, 0.1) is 15.5 Å². The standard InChI is InChI=1S/C13H20N4O3/c1-13(2)6-4-9(5-7-13)20-12-10(17(18)19)11(14-3)15-8-16-12/h8-9H,4-7H2,1-3H3,(H,14,15,16). The van der Waals surface area contributed by atoms with Crippen molar-refractivity contribution in [3.63, 3.8) is 0 Å². The lowest BCUT2D eigenvalue weighted by atomic mass is 9.76. The predicted molar refractivity (Wildman–Crippen MR) is 74.9 cm³/mol. The van der Waals surface area contributed by atoms with Crippen molar-refractivity contribution in [2.45, 2.75) is 45.6 Å². The molecule has 7 heteroatoms. The van der Waals surface area contributed by atoms with Crippen LogP contribution >= 0.6 is 0 Å². The van der Waals surface area contributed by atoms with E-state index in [9.17, 15) is 10.1 Å². The Morgan fingerprint density at radius 2 is 2.05 bits per heavy atom. The summed E-state index contributed by atoms with van der Waals surface area (Å²) in [6.45, 7) is 4.46. The van der Waals surface area contributed by atoms with Crippen LogP contribution in [0.15, 0.2) is 6.33 Å². The van der Waals surface area contributed by atoms with Gasteiger partial charge < -0.3 is 10.1 Å². The number of nitro groups is 1. The van der Waals surface area contributed by atoms with Gasteiger partial charge in [-0.15, -0.1) is 0 Å². The van der Waals surface area contributed by atoms with E-state index in [0.29, 0.717) is 5.41 Å². The zero-order valence-electron chi connectivity index (χ0n) is 12.0. The molecule has 0 aromatic carbocycles. The molecular formula is C13H20N4O3. The highest BCUT2D eigenvalue weighted by molar-refractivity contribution is 5.60. The maximum absolute atomic E-state index is 11.2. The van der Waals surface area contributed by atoms with E-state index >= 15 is 0 Å². The Hall–Kier alpha value is -1.92. The minimum atomic E-state index is -0.506. The molecule has 1 saturated carbocycles. The van der Waals surface area contributed by atoms with E-state index in [1.807, 2.05) is 0 Å². The highest BCUT2D eigenvalue weighted by Gasteiger charge is 2.31. The van der Waals surface area contributed by atoms with Crippen LogP contribution < -0.4 is 10.1 Å². The lowest BCUT2D eigenvalue weighted by Crippen LogP contribution is -2.28. The average Bonchev–Trinajstić information content (AvgIpc) is 2.40. The van der Waals surface area contributed by atoms with Crippen LogP contribution in [0.25, 0.3) is 0 Å². The Balaban J connectivity index is 2.16. The number of rotatable bonds is 4. The fraction of sp³-hybridized carbons (Fsp3) is 0.692. The Bertz CT molecular complexity index is 494. The van der Waals surface area contributed by atoms with E-state index in [1.54, 1.807) is 7.05 Å². The van der Waals surface area contributed by atoms with Crippen molar-refractivity contribution < 1.29 is 9.66 Å². The first-order chi connectivity index (χ1) is 9.43. The highest BCUT2D eigenvalue weighted by Crippen LogP contribution is 2.38. The summed E-state index contributed by atoms with van der Waals surface area (Å²) in [5, 5.41) is 13.8. The normalized spacial score (nSPS) is 18.6. The van der Waals surface area contributed by atoms with Gasteiger partial charge >= 0.3 is 5.69 Å². The molecule has 0 atom stereocenters. The molecule has 0 unspecified atom stereocenters. The second kappa shape index (κ2) is 5.60. The van der Waals surface area contributed by atoms with Crippen LogP contribution in [-0.4, -0.2) is 28.0 Å². The van der Waals surface area contributed by atoms with Crippen LogP contribution in [0.5, 0.6) is 5.88 Å². The molecule has 1 aromatic rings. The lowest BCUT2D eigenvalue weighted by molar-refractivity contribution is -0.385. The van der Waals surface area contributed by atoms with Gasteiger partial charge in [0, 0.05) is 7.05 Å². The molecule has 0 bridgehead atoms. The van der Waals surface area contributed by atoms with E-state index in [-0.39, 0.29) is 23.5 Å². The van der Waals surface area contributed by atoms with Crippen LogP contribution in [-0.2, 0) is 0 Å². The monoisotopic (exact) mass is 280 g/mol. The average molecular weight is 280 g/mol. The third-order valence-electron chi connectivity index (χ3n) is 3.77. The van der Waals surface area contributed by atoms with Crippen molar-refractivity contribution in [3.05, 3.63) is 16.4 Å². The first-order valence-corrected chi connectivity index (χ1v) is 6.77. The molecule has 0 aliphatic heterocycles. The van der Waals surface area contributed by atoms with Crippen LogP contribution in [0.1, 0.15) is 39.5 Å². The number of nitrogens with one attached hydrogen (secondary N) is 1. The van der Waals surface area contributed by atoms with Gasteiger partial charge in [0.25, 0.3) is 5.88 Å². The zero-order chi connectivity index (χ0) is 14.8. The first kappa shape index (κ1) is 14.5. The van der Waals surface area contributed by atoms with Crippen molar-refractivity contribution in [2.24, 2.45) is 5.41 Å². The topological polar surface area (TPSA) is 90.2 Å². The van der Waals surface area contributed by atoms with Crippen molar-refractivity contribution in [2.75, 3.05) is 12.4 Å². The summed E-state index contributed by atoms with van der Waals surface area (Å²) in [6.07, 6.45) is 5.15. The summed E-state index contributed by atoms with van der Waals surface area (Å²) in [5.74, 6) is 0.232. The maximum Gasteiger partial charge on any atom is 0.372 e. The summed E-state index contributed by atoms with van der Waals surface area (Å²) in [5.41, 5.74) is 0.132. The third-order valence-corrected chi connectivity index (χ3v) is 3.77. The van der Waals surface area contributed by atoms with Crippen molar-refractivity contribution in [1.82, 2.24) is 9.97 Å². The maximum atomic E-state index is 11.2. The van der Waals surface area contributed by atoms with Crippen molar-refractivity contribution in [3.8, 4) is 5.88 Å². The second-order valence-electron chi connectivity index (χ2n) is 5.86. The summed E-state index contributed by atoms with van der Waals surface area (Å²) in [4.78, 5) is 18.4. The SMILES string of the molecule is CNc1ncnc(OC2CCC(C)(C)CC2)c1[N+](=O)[O-]. The van der Waals surface area contributed by atoms with Crippen LogP contribution in [0.3, 0.4) is 0 Å². The van der Waals surface area contributed by atoms with Gasteiger partial charge in [-0.05, 0) is 31.1 Å². The zero-order valence-corrected chi connectivity index (χ0v) is 12.0. The van der Waals surface area contributed by atoms with Crippen LogP contribution in [0.2, 0.25) is 0 Å². The Labute approximate surface area is 117 Å². The fourth-order valence-corrected chi connectivity index (χ4v) is 2.44. The molecule has 0 saturated heterocycles. The molecule has 7 nitrogen and oxygen atoms in total. The number of ether oxygens (including phenoxy) is 1. The van der Waals surface area contributed by atoms with E-state index in [1.165, 1.54) is 6.33 Å². The fourth-order valence-electron chi connectivity index (χ4n) is 2.44. The van der Waals surface area contributed by atoms with Gasteiger partial charge in [0.2, 0.25) is 5.82 Å². The van der Waals surface area contributed by atoms with Crippen molar-refractivity contribution >= 4 is 11.5 Å². The number of hydrogen-bond donors (Lipinski definition) is 1. The molecule has 2 rings (SSSR count). The molecule has 20 heavy (non-hydrogen) atoms. The highest BCUT2D eigenvalue weighted by atomic mass is 16.6. The summed E-state index contributed by atoms with van der Waals surface area (Å²) in [6, 6.07) is 0. The number of nitrogens with zero attached hydrogens (tertiary/aromatic N) is 3. The van der Waals surface area contributed by atoms with Gasteiger partial charge in [-0.2, -0.15) is 4.98 Å². The van der Waals surface area contributed by atoms with Gasteiger partial charge in [0.1, 0.15) is 12.4 Å². The summed E-state index contributed by atoms with van der Waals surface area (Å²) >= 11 is 0. The molecule has 0 amide bonds. The minimum Gasteiger partial charge on any atom is -0.469 e. The molecule has 1 heterocycles. The Morgan fingerprint density at radius 3 is 2.60 bits per heavy atom. The largest absolute Gasteiger partial charge is 0.469 e. The molecule has 1 aromatic heterocycles. The quantitative estimate of drug-likeness (QED) is 0.673. The lowest BCUT2D eigenvalue weighted by Gasteiger charge is -2.33. The molecule has 1 aliphatic rings. The van der Waals surface area contributed by atoms with Gasteiger partial charge in [-0.1, -0.05) is 13.8 Å². The van der Waals surface area contributed by atoms with Crippen molar-refractivity contribution in [1.29, 1.82) is 0 Å². The molecule has 110 valence electrons. The molecule has 1 N–H and O–H groups in total. The molecular weight excluding hydrogens is 260 g/mol. The van der Waals surface area contributed by atoms with Gasteiger partial charge in [-0.25, -0.2) is 4.98 Å². The third kappa shape index (κ3) is 3.15. The molecule has 1 aliphatic carbocycles. The molecule has 1 fully saturated rings. The van der Waals surface area contributed by atoms with Gasteiger partial charge in [0.15, 0.2) is 0 Å². The van der Waals surface area contributed by atoms with E-state index in [2.05, 4.69) is 29.1 Å². The minimum absolute atomic E-state index is 0.0127. The van der Waals surface area contributed by atoms with E-state index < -0.39 is 4.92 Å². The first-order valence-electron chi connectivity index (χ1n) is 6.77. The van der Waals surface area contributed by atoms with Crippen LogP contribution in [0.4, 0.5) is 11.5 Å². The second-order valence-corrected chi connectivity index (χ2v) is 5.86. The number of hydrogen-bond acceptors (Lipinski definition) is 6. The van der Waals surface area contributed by atoms with E-state index in [0.717, 1.165) is 25.7 Å². The van der Waals surface area contributed by atoms with Gasteiger partial charge in [-0.3, -0.25) is 10.1 Å². The summed E-state index contributed by atoms with van der Waals surface area (Å²) in [7, 11) is 1.59. The predicted octanol–water partition coefficient (Wildman–Crippen LogP) is 2.77. The molecule has 0 radical (unpaired) electrons. The number of aromatic nitrogens is 2. The summed E-state index contributed by atoms with van der Waals surface area (Å²) < 4.78 is 5.75. The Kier molecular flexibility index (Phi) is 4.06. The smallest absolute Gasteiger partial charge is 0.372 e. The number of anilines is 1.